The molecule has 102 valence electrons. The third-order valence-corrected chi connectivity index (χ3v) is 3.83. The van der Waals surface area contributed by atoms with Gasteiger partial charge in [-0.15, -0.1) is 0 Å². The summed E-state index contributed by atoms with van der Waals surface area (Å²) in [5.41, 5.74) is -0.499. The molecule has 2 rings (SSSR count). The van der Waals surface area contributed by atoms with E-state index in [0.717, 1.165) is 12.8 Å². The minimum atomic E-state index is -0.728. The van der Waals surface area contributed by atoms with Crippen molar-refractivity contribution in [2.45, 2.75) is 39.2 Å². The second-order valence-corrected chi connectivity index (χ2v) is 6.33. The Morgan fingerprint density at radius 2 is 1.89 bits per heavy atom. The molecule has 0 bridgehead atoms. The number of rotatable bonds is 1. The number of hydrogen-bond acceptors (Lipinski definition) is 3. The van der Waals surface area contributed by atoms with Gasteiger partial charge in [0.25, 0.3) is 0 Å². The van der Waals surface area contributed by atoms with E-state index >= 15 is 0 Å². The first-order valence-corrected chi connectivity index (χ1v) is 6.48. The monoisotopic (exact) mass is 255 g/mol. The Hall–Kier alpha value is -1.26. The van der Waals surface area contributed by atoms with E-state index in [-0.39, 0.29) is 17.9 Å². The van der Waals surface area contributed by atoms with Gasteiger partial charge in [-0.25, -0.2) is 4.79 Å². The Balaban J connectivity index is 1.97. The molecule has 2 aliphatic rings. The van der Waals surface area contributed by atoms with E-state index < -0.39 is 11.6 Å². The van der Waals surface area contributed by atoms with Crippen LogP contribution in [0.15, 0.2) is 0 Å². The normalized spacial score (nSPS) is 31.3. The van der Waals surface area contributed by atoms with Gasteiger partial charge >= 0.3 is 12.1 Å². The molecule has 1 heterocycles. The van der Waals surface area contributed by atoms with E-state index in [1.54, 1.807) is 4.90 Å². The van der Waals surface area contributed by atoms with Gasteiger partial charge in [0.2, 0.25) is 0 Å². The van der Waals surface area contributed by atoms with Gasteiger partial charge in [-0.05, 0) is 45.4 Å². The first-order chi connectivity index (χ1) is 8.28. The maximum Gasteiger partial charge on any atom is 0.410 e. The number of carboxylic acid groups (broad SMARTS) is 1. The van der Waals surface area contributed by atoms with Crippen molar-refractivity contribution in [1.82, 2.24) is 4.90 Å². The lowest BCUT2D eigenvalue weighted by molar-refractivity contribution is -0.143. The molecule has 1 aliphatic carbocycles. The molecule has 0 spiro atoms. The second-order valence-electron chi connectivity index (χ2n) is 6.33. The van der Waals surface area contributed by atoms with Gasteiger partial charge in [-0.1, -0.05) is 0 Å². The molecule has 1 N–H and O–H groups in total. The zero-order chi connectivity index (χ0) is 13.5. The van der Waals surface area contributed by atoms with Crippen molar-refractivity contribution < 1.29 is 19.4 Å². The van der Waals surface area contributed by atoms with E-state index in [1.807, 2.05) is 20.8 Å². The van der Waals surface area contributed by atoms with Gasteiger partial charge in [0, 0.05) is 13.1 Å². The molecule has 1 saturated carbocycles. The van der Waals surface area contributed by atoms with E-state index in [4.69, 9.17) is 9.84 Å². The Morgan fingerprint density at radius 1 is 1.22 bits per heavy atom. The van der Waals surface area contributed by atoms with Crippen molar-refractivity contribution in [2.24, 2.45) is 17.8 Å². The fourth-order valence-electron chi connectivity index (χ4n) is 3.05. The predicted molar refractivity (Wildman–Crippen MR) is 65.1 cm³/mol. The lowest BCUT2D eigenvalue weighted by atomic mass is 9.93. The number of carbonyl (C=O) groups is 2. The standard InChI is InChI=1S/C13H21NO4/c1-13(2,3)18-12(17)14-6-8-4-5-9(11(15)16)10(8)7-14/h8-10H,4-7H2,1-3H3,(H,15,16)/t8-,9?,10-/m0/s1. The molecule has 0 aromatic rings. The van der Waals surface area contributed by atoms with Crippen LogP contribution in [0.4, 0.5) is 4.79 Å². The molecular weight excluding hydrogens is 234 g/mol. The minimum Gasteiger partial charge on any atom is -0.481 e. The molecule has 18 heavy (non-hydrogen) atoms. The topological polar surface area (TPSA) is 66.8 Å². The highest BCUT2D eigenvalue weighted by molar-refractivity contribution is 5.72. The Labute approximate surface area is 107 Å². The molecule has 1 aliphatic heterocycles. The predicted octanol–water partition coefficient (Wildman–Crippen LogP) is 1.96. The number of nitrogens with zero attached hydrogens (tertiary/aromatic N) is 1. The van der Waals surface area contributed by atoms with Gasteiger partial charge in [0.1, 0.15) is 5.60 Å². The van der Waals surface area contributed by atoms with Crippen molar-refractivity contribution in [3.05, 3.63) is 0 Å². The van der Waals surface area contributed by atoms with Crippen LogP contribution in [-0.2, 0) is 9.53 Å². The van der Waals surface area contributed by atoms with Gasteiger partial charge in [0.15, 0.2) is 0 Å². The number of carbonyl (C=O) groups excluding carboxylic acids is 1. The van der Waals surface area contributed by atoms with Crippen LogP contribution in [0.2, 0.25) is 0 Å². The number of aliphatic carboxylic acids is 1. The number of hydrogen-bond donors (Lipinski definition) is 1. The van der Waals surface area contributed by atoms with E-state index in [1.165, 1.54) is 0 Å². The fourth-order valence-corrected chi connectivity index (χ4v) is 3.05. The molecule has 1 amide bonds. The van der Waals surface area contributed by atoms with Crippen LogP contribution >= 0.6 is 0 Å². The van der Waals surface area contributed by atoms with Gasteiger partial charge in [-0.2, -0.15) is 0 Å². The molecule has 0 radical (unpaired) electrons. The summed E-state index contributed by atoms with van der Waals surface area (Å²) in [6.45, 7) is 6.67. The summed E-state index contributed by atoms with van der Waals surface area (Å²) < 4.78 is 5.32. The molecule has 5 nitrogen and oxygen atoms in total. The third-order valence-electron chi connectivity index (χ3n) is 3.83. The summed E-state index contributed by atoms with van der Waals surface area (Å²) >= 11 is 0. The van der Waals surface area contributed by atoms with Crippen LogP contribution in [0, 0.1) is 17.8 Å². The second kappa shape index (κ2) is 4.44. The Kier molecular flexibility index (Phi) is 3.25. The molecule has 2 fully saturated rings. The van der Waals surface area contributed by atoms with Crippen LogP contribution in [0.1, 0.15) is 33.6 Å². The minimum absolute atomic E-state index is 0.106. The van der Waals surface area contributed by atoms with E-state index in [0.29, 0.717) is 19.0 Å². The molecule has 3 atom stereocenters. The summed E-state index contributed by atoms with van der Waals surface area (Å²) in [6, 6.07) is 0. The van der Waals surface area contributed by atoms with E-state index in [2.05, 4.69) is 0 Å². The van der Waals surface area contributed by atoms with Crippen LogP contribution in [0.5, 0.6) is 0 Å². The Morgan fingerprint density at radius 3 is 2.44 bits per heavy atom. The highest BCUT2D eigenvalue weighted by Crippen LogP contribution is 2.42. The largest absolute Gasteiger partial charge is 0.481 e. The summed E-state index contributed by atoms with van der Waals surface area (Å²) in [5, 5.41) is 9.14. The molecule has 0 aromatic heterocycles. The zero-order valence-corrected chi connectivity index (χ0v) is 11.2. The highest BCUT2D eigenvalue weighted by Gasteiger charge is 2.47. The van der Waals surface area contributed by atoms with Crippen LogP contribution in [0.3, 0.4) is 0 Å². The van der Waals surface area contributed by atoms with E-state index in [9.17, 15) is 9.59 Å². The quantitative estimate of drug-likeness (QED) is 0.777. The van der Waals surface area contributed by atoms with Crippen molar-refractivity contribution in [3.63, 3.8) is 0 Å². The maximum atomic E-state index is 11.9. The summed E-state index contributed by atoms with van der Waals surface area (Å²) in [5.74, 6) is -0.579. The number of fused-ring (bicyclic) bond motifs is 1. The maximum absolute atomic E-state index is 11.9. The third kappa shape index (κ3) is 2.60. The van der Waals surface area contributed by atoms with Gasteiger partial charge in [-0.3, -0.25) is 4.79 Å². The Bertz CT molecular complexity index is 360. The lowest BCUT2D eigenvalue weighted by Crippen LogP contribution is -2.36. The van der Waals surface area contributed by atoms with Crippen molar-refractivity contribution >= 4 is 12.1 Å². The summed E-state index contributed by atoms with van der Waals surface area (Å²) in [6.07, 6.45) is 1.33. The van der Waals surface area contributed by atoms with Crippen LogP contribution in [-0.4, -0.2) is 40.8 Å². The average molecular weight is 255 g/mol. The van der Waals surface area contributed by atoms with Gasteiger partial charge in [0.05, 0.1) is 5.92 Å². The first-order valence-electron chi connectivity index (χ1n) is 6.48. The van der Waals surface area contributed by atoms with Crippen molar-refractivity contribution in [1.29, 1.82) is 0 Å². The lowest BCUT2D eigenvalue weighted by Gasteiger charge is -2.25. The highest BCUT2D eigenvalue weighted by atomic mass is 16.6. The number of amides is 1. The zero-order valence-electron chi connectivity index (χ0n) is 11.2. The summed E-state index contributed by atoms with van der Waals surface area (Å²) in [7, 11) is 0. The fraction of sp³-hybridized carbons (Fsp3) is 0.846. The number of carboxylic acids is 1. The number of likely N-dealkylation sites (tertiary alicyclic amines) is 1. The van der Waals surface area contributed by atoms with Crippen LogP contribution in [0.25, 0.3) is 0 Å². The molecule has 5 heteroatoms. The molecular formula is C13H21NO4. The SMILES string of the molecule is CC(C)(C)OC(=O)N1C[C@@H]2CCC(C(=O)O)[C@H]2C1. The molecule has 1 unspecified atom stereocenters. The first kappa shape index (κ1) is 13.2. The van der Waals surface area contributed by atoms with Crippen LogP contribution < -0.4 is 0 Å². The average Bonchev–Trinajstić information content (AvgIpc) is 2.70. The van der Waals surface area contributed by atoms with Crippen molar-refractivity contribution in [2.75, 3.05) is 13.1 Å². The smallest absolute Gasteiger partial charge is 0.410 e. The molecule has 1 saturated heterocycles. The summed E-state index contributed by atoms with van der Waals surface area (Å²) in [4.78, 5) is 24.7. The van der Waals surface area contributed by atoms with Gasteiger partial charge < -0.3 is 14.7 Å². The molecule has 0 aromatic carbocycles. The number of ether oxygens (including phenoxy) is 1. The van der Waals surface area contributed by atoms with Crippen molar-refractivity contribution in [3.8, 4) is 0 Å².